The average Bonchev–Trinajstić information content (AvgIpc) is 3.52. The average molecular weight is 460 g/mol. The number of aromatic nitrogens is 3. The lowest BCUT2D eigenvalue weighted by atomic mass is 9.96. The molecule has 0 bridgehead atoms. The number of nitrogens with one attached hydrogen (secondary N) is 1. The number of H-pyrrole nitrogens is 1. The second-order valence-corrected chi connectivity index (χ2v) is 9.18. The number of benzene rings is 1. The summed E-state index contributed by atoms with van der Waals surface area (Å²) in [7, 11) is 3.94. The maximum Gasteiger partial charge on any atom is 0.281 e. The summed E-state index contributed by atoms with van der Waals surface area (Å²) in [5.41, 5.74) is 11.7. The SMILES string of the molecule is CC(C)c1c(-c2ccc3nccn3c2)[nH]c2ccc(C3=NN(CCN(C)C)C(C(N)=O)O3)cc12. The highest BCUT2D eigenvalue weighted by atomic mass is 16.5. The Labute approximate surface area is 197 Å². The molecular formula is C25H29N7O2. The van der Waals surface area contributed by atoms with Gasteiger partial charge >= 0.3 is 0 Å². The van der Waals surface area contributed by atoms with Crippen molar-refractivity contribution in [3.05, 3.63) is 60.0 Å². The number of hydrogen-bond donors (Lipinski definition) is 2. The fourth-order valence-electron chi connectivity index (χ4n) is 4.40. The van der Waals surface area contributed by atoms with E-state index in [1.807, 2.05) is 47.8 Å². The molecule has 0 radical (unpaired) electrons. The Morgan fingerprint density at radius 3 is 2.76 bits per heavy atom. The van der Waals surface area contributed by atoms with Gasteiger partial charge in [-0.25, -0.2) is 9.99 Å². The summed E-state index contributed by atoms with van der Waals surface area (Å²) in [6.45, 7) is 5.63. The molecule has 9 nitrogen and oxygen atoms in total. The van der Waals surface area contributed by atoms with Gasteiger partial charge in [0.2, 0.25) is 5.90 Å². The summed E-state index contributed by atoms with van der Waals surface area (Å²) in [6, 6.07) is 10.2. The zero-order valence-electron chi connectivity index (χ0n) is 19.8. The molecule has 0 saturated carbocycles. The van der Waals surface area contributed by atoms with Crippen LogP contribution in [0.5, 0.6) is 0 Å². The number of likely N-dealkylation sites (N-methyl/N-ethyl adjacent to an activating group) is 1. The number of primary amides is 1. The molecule has 3 N–H and O–H groups in total. The van der Waals surface area contributed by atoms with Gasteiger partial charge in [0.1, 0.15) is 5.65 Å². The molecule has 1 aromatic carbocycles. The van der Waals surface area contributed by atoms with E-state index in [-0.39, 0.29) is 5.92 Å². The minimum absolute atomic E-state index is 0.277. The fraction of sp³-hybridized carbons (Fsp3) is 0.320. The van der Waals surface area contributed by atoms with Gasteiger partial charge in [0.25, 0.3) is 12.1 Å². The van der Waals surface area contributed by atoms with Crippen molar-refractivity contribution in [3.63, 3.8) is 0 Å². The number of carbonyl (C=O) groups is 1. The summed E-state index contributed by atoms with van der Waals surface area (Å²) >= 11 is 0. The first kappa shape index (κ1) is 22.0. The molecule has 0 aliphatic carbocycles. The monoisotopic (exact) mass is 459 g/mol. The molecule has 1 atom stereocenters. The Balaban J connectivity index is 1.56. The number of pyridine rings is 1. The minimum Gasteiger partial charge on any atom is -0.441 e. The number of imidazole rings is 1. The summed E-state index contributed by atoms with van der Waals surface area (Å²) in [4.78, 5) is 21.9. The number of rotatable bonds is 7. The van der Waals surface area contributed by atoms with Crippen molar-refractivity contribution < 1.29 is 9.53 Å². The molecule has 4 aromatic rings. The van der Waals surface area contributed by atoms with E-state index in [1.165, 1.54) is 5.56 Å². The van der Waals surface area contributed by atoms with Crippen LogP contribution in [0.4, 0.5) is 0 Å². The van der Waals surface area contributed by atoms with Crippen molar-refractivity contribution in [2.24, 2.45) is 10.8 Å². The molecule has 4 heterocycles. The van der Waals surface area contributed by atoms with Crippen LogP contribution < -0.4 is 5.73 Å². The summed E-state index contributed by atoms with van der Waals surface area (Å²) < 4.78 is 7.91. The molecule has 1 aliphatic rings. The van der Waals surface area contributed by atoms with Crippen LogP contribution in [0, 0.1) is 0 Å². The standard InChI is InChI=1S/C25H29N7O2/c1-15(2)21-18-13-16(24-29-32(12-11-30(3)4)25(34-24)23(26)33)5-7-19(18)28-22(21)17-6-8-20-27-9-10-31(20)14-17/h5-10,13-15,25,28H,11-12H2,1-4H3,(H2,26,33). The zero-order chi connectivity index (χ0) is 24.0. The van der Waals surface area contributed by atoms with Crippen LogP contribution in [0.3, 0.4) is 0 Å². The van der Waals surface area contributed by atoms with Crippen molar-refractivity contribution in [2.75, 3.05) is 27.2 Å². The number of nitrogens with zero attached hydrogens (tertiary/aromatic N) is 5. The molecule has 0 fully saturated rings. The van der Waals surface area contributed by atoms with Crippen molar-refractivity contribution in [2.45, 2.75) is 26.0 Å². The number of fused-ring (bicyclic) bond motifs is 2. The van der Waals surface area contributed by atoms with Gasteiger partial charge in [0.15, 0.2) is 0 Å². The minimum atomic E-state index is -0.904. The zero-order valence-corrected chi connectivity index (χ0v) is 19.8. The number of aromatic amines is 1. The first-order valence-electron chi connectivity index (χ1n) is 11.4. The number of nitrogens with two attached hydrogens (primary N) is 1. The van der Waals surface area contributed by atoms with Crippen LogP contribution in [0.1, 0.15) is 30.9 Å². The summed E-state index contributed by atoms with van der Waals surface area (Å²) in [5.74, 6) is 0.126. The second-order valence-electron chi connectivity index (χ2n) is 9.18. The highest BCUT2D eigenvalue weighted by Crippen LogP contribution is 2.36. The lowest BCUT2D eigenvalue weighted by Crippen LogP contribution is -2.42. The Bertz CT molecular complexity index is 1400. The lowest BCUT2D eigenvalue weighted by Gasteiger charge is -2.20. The molecule has 3 aromatic heterocycles. The molecule has 1 unspecified atom stereocenters. The van der Waals surface area contributed by atoms with Gasteiger partial charge < -0.3 is 24.8 Å². The molecule has 1 amide bonds. The van der Waals surface area contributed by atoms with Gasteiger partial charge in [-0.3, -0.25) is 4.79 Å². The van der Waals surface area contributed by atoms with E-state index >= 15 is 0 Å². The molecule has 9 heteroatoms. The van der Waals surface area contributed by atoms with E-state index in [0.29, 0.717) is 12.4 Å². The predicted octanol–water partition coefficient (Wildman–Crippen LogP) is 2.97. The molecule has 5 rings (SSSR count). The van der Waals surface area contributed by atoms with Crippen molar-refractivity contribution in [1.82, 2.24) is 24.3 Å². The number of amides is 1. The molecule has 1 aliphatic heterocycles. The Kier molecular flexibility index (Phi) is 5.49. The van der Waals surface area contributed by atoms with Crippen molar-refractivity contribution in [3.8, 4) is 11.3 Å². The maximum absolute atomic E-state index is 12.0. The lowest BCUT2D eigenvalue weighted by molar-refractivity contribution is -0.131. The Hall–Kier alpha value is -3.85. The van der Waals surface area contributed by atoms with E-state index in [2.05, 4.69) is 47.2 Å². The molecule has 34 heavy (non-hydrogen) atoms. The van der Waals surface area contributed by atoms with Crippen LogP contribution in [0.25, 0.3) is 27.8 Å². The van der Waals surface area contributed by atoms with Crippen LogP contribution in [-0.2, 0) is 9.53 Å². The topological polar surface area (TPSA) is 104 Å². The third-order valence-corrected chi connectivity index (χ3v) is 6.07. The van der Waals surface area contributed by atoms with Crippen LogP contribution >= 0.6 is 0 Å². The van der Waals surface area contributed by atoms with Gasteiger partial charge in [-0.05, 0) is 55.9 Å². The summed E-state index contributed by atoms with van der Waals surface area (Å²) in [5, 5.41) is 7.31. The van der Waals surface area contributed by atoms with Gasteiger partial charge in [-0.2, -0.15) is 0 Å². The second kappa shape index (κ2) is 8.49. The Morgan fingerprint density at radius 1 is 1.24 bits per heavy atom. The maximum atomic E-state index is 12.0. The van der Waals surface area contributed by atoms with E-state index in [4.69, 9.17) is 10.5 Å². The van der Waals surface area contributed by atoms with Gasteiger partial charge in [-0.15, -0.1) is 5.10 Å². The van der Waals surface area contributed by atoms with Crippen LogP contribution in [-0.4, -0.2) is 69.5 Å². The van der Waals surface area contributed by atoms with Gasteiger partial charge in [-0.1, -0.05) is 13.8 Å². The molecule has 176 valence electrons. The smallest absolute Gasteiger partial charge is 0.281 e. The molecule has 0 spiro atoms. The number of hydrazone groups is 1. The number of hydrogen-bond acceptors (Lipinski definition) is 6. The predicted molar refractivity (Wildman–Crippen MR) is 132 cm³/mol. The fourth-order valence-corrected chi connectivity index (χ4v) is 4.40. The summed E-state index contributed by atoms with van der Waals surface area (Å²) in [6.07, 6.45) is 4.92. The van der Waals surface area contributed by atoms with Crippen LogP contribution in [0.15, 0.2) is 54.0 Å². The quantitative estimate of drug-likeness (QED) is 0.442. The van der Waals surface area contributed by atoms with Gasteiger partial charge in [0.05, 0.1) is 12.2 Å². The number of ether oxygens (including phenoxy) is 1. The highest BCUT2D eigenvalue weighted by Gasteiger charge is 2.33. The first-order valence-corrected chi connectivity index (χ1v) is 11.4. The third kappa shape index (κ3) is 3.88. The van der Waals surface area contributed by atoms with Gasteiger partial charge in [0, 0.05) is 47.2 Å². The van der Waals surface area contributed by atoms with Crippen LogP contribution in [0.2, 0.25) is 0 Å². The molecular weight excluding hydrogens is 430 g/mol. The Morgan fingerprint density at radius 2 is 2.03 bits per heavy atom. The number of carbonyl (C=O) groups excluding carboxylic acids is 1. The van der Waals surface area contributed by atoms with Crippen molar-refractivity contribution >= 4 is 28.4 Å². The third-order valence-electron chi connectivity index (χ3n) is 6.07. The largest absolute Gasteiger partial charge is 0.441 e. The van der Waals surface area contributed by atoms with E-state index in [1.54, 1.807) is 11.2 Å². The van der Waals surface area contributed by atoms with E-state index < -0.39 is 12.1 Å². The van der Waals surface area contributed by atoms with E-state index in [9.17, 15) is 4.79 Å². The highest BCUT2D eigenvalue weighted by molar-refractivity contribution is 6.02. The molecule has 0 saturated heterocycles. The van der Waals surface area contributed by atoms with E-state index in [0.717, 1.165) is 39.9 Å². The van der Waals surface area contributed by atoms with Crippen molar-refractivity contribution in [1.29, 1.82) is 0 Å². The first-order chi connectivity index (χ1) is 16.3. The normalized spacial score (nSPS) is 16.1.